The summed E-state index contributed by atoms with van der Waals surface area (Å²) < 4.78 is 0. The molecule has 0 radical (unpaired) electrons. The lowest BCUT2D eigenvalue weighted by molar-refractivity contribution is 0.159. The minimum atomic E-state index is -0.615. The molecule has 0 aromatic heterocycles. The lowest BCUT2D eigenvalue weighted by Crippen LogP contribution is -2.36. The normalized spacial score (nSPS) is 9.35. The number of nitrogens with two attached hydrogens (primary N) is 1. The SMILES string of the molecule is N#CONC(=O)N(c1ccccc1)c1ccccc1N. The maximum Gasteiger partial charge on any atom is 0.360 e. The van der Waals surface area contributed by atoms with E-state index in [9.17, 15) is 4.79 Å². The largest absolute Gasteiger partial charge is 0.397 e. The molecule has 2 aromatic carbocycles. The molecule has 0 aliphatic carbocycles. The highest BCUT2D eigenvalue weighted by atomic mass is 16.6. The Hall–Kier alpha value is -3.20. The summed E-state index contributed by atoms with van der Waals surface area (Å²) in [6.07, 6.45) is 1.38. The molecule has 0 aliphatic rings. The van der Waals surface area contributed by atoms with Gasteiger partial charge in [-0.25, -0.2) is 4.79 Å². The molecule has 0 saturated heterocycles. The van der Waals surface area contributed by atoms with Gasteiger partial charge < -0.3 is 5.73 Å². The number of carbonyl (C=O) groups is 1. The summed E-state index contributed by atoms with van der Waals surface area (Å²) in [4.78, 5) is 17.7. The van der Waals surface area contributed by atoms with E-state index < -0.39 is 6.03 Å². The molecule has 0 spiro atoms. The molecular formula is C14H12N4O2. The topological polar surface area (TPSA) is 91.4 Å². The van der Waals surface area contributed by atoms with E-state index >= 15 is 0 Å². The number of rotatable bonds is 3. The number of benzene rings is 2. The van der Waals surface area contributed by atoms with Gasteiger partial charge in [0.1, 0.15) is 0 Å². The summed E-state index contributed by atoms with van der Waals surface area (Å²) >= 11 is 0. The second kappa shape index (κ2) is 6.11. The number of hydrogen-bond acceptors (Lipinski definition) is 4. The third-order valence-corrected chi connectivity index (χ3v) is 2.58. The minimum absolute atomic E-state index is 0.434. The highest BCUT2D eigenvalue weighted by Crippen LogP contribution is 2.30. The number of amides is 2. The fraction of sp³-hybridized carbons (Fsp3) is 0. The zero-order valence-electron chi connectivity index (χ0n) is 10.5. The molecule has 6 nitrogen and oxygen atoms in total. The van der Waals surface area contributed by atoms with Crippen molar-refractivity contribution in [3.05, 3.63) is 54.6 Å². The molecule has 20 heavy (non-hydrogen) atoms. The first-order valence-electron chi connectivity index (χ1n) is 5.78. The Morgan fingerprint density at radius 3 is 2.45 bits per heavy atom. The van der Waals surface area contributed by atoms with E-state index in [-0.39, 0.29) is 0 Å². The molecule has 0 atom stereocenters. The third kappa shape index (κ3) is 2.79. The van der Waals surface area contributed by atoms with Crippen LogP contribution in [-0.2, 0) is 4.84 Å². The van der Waals surface area contributed by atoms with Gasteiger partial charge in [0, 0.05) is 0 Å². The first-order chi connectivity index (χ1) is 9.74. The van der Waals surface area contributed by atoms with Gasteiger partial charge in [0.25, 0.3) is 0 Å². The van der Waals surface area contributed by atoms with Crippen LogP contribution in [0.15, 0.2) is 54.6 Å². The Balaban J connectivity index is 2.43. The minimum Gasteiger partial charge on any atom is -0.397 e. The summed E-state index contributed by atoms with van der Waals surface area (Å²) in [6, 6.07) is 15.2. The van der Waals surface area contributed by atoms with Crippen molar-refractivity contribution in [2.24, 2.45) is 0 Å². The van der Waals surface area contributed by atoms with Crippen molar-refractivity contribution in [3.8, 4) is 6.26 Å². The number of hydrogen-bond donors (Lipinski definition) is 2. The maximum atomic E-state index is 12.1. The Labute approximate surface area is 115 Å². The number of carbonyl (C=O) groups excluding carboxylic acids is 1. The van der Waals surface area contributed by atoms with Gasteiger partial charge in [0.05, 0.1) is 17.1 Å². The van der Waals surface area contributed by atoms with Crippen LogP contribution in [-0.4, -0.2) is 6.03 Å². The van der Waals surface area contributed by atoms with Crippen molar-refractivity contribution < 1.29 is 9.63 Å². The lowest BCUT2D eigenvalue weighted by Gasteiger charge is -2.23. The van der Waals surface area contributed by atoms with E-state index in [1.807, 2.05) is 11.5 Å². The van der Waals surface area contributed by atoms with Crippen LogP contribution in [0.5, 0.6) is 0 Å². The molecule has 0 bridgehead atoms. The van der Waals surface area contributed by atoms with Crippen molar-refractivity contribution in [3.63, 3.8) is 0 Å². The zero-order chi connectivity index (χ0) is 14.4. The fourth-order valence-corrected chi connectivity index (χ4v) is 1.75. The average Bonchev–Trinajstić information content (AvgIpc) is 2.48. The summed E-state index contributed by atoms with van der Waals surface area (Å²) in [6.45, 7) is 0. The summed E-state index contributed by atoms with van der Waals surface area (Å²) in [5, 5.41) is 8.36. The quantitative estimate of drug-likeness (QED) is 0.508. The molecule has 3 N–H and O–H groups in total. The van der Waals surface area contributed by atoms with Crippen LogP contribution in [0.25, 0.3) is 0 Å². The molecule has 2 amide bonds. The average molecular weight is 268 g/mol. The van der Waals surface area contributed by atoms with Crippen molar-refractivity contribution in [1.82, 2.24) is 5.48 Å². The number of anilines is 3. The number of nitrogens with zero attached hydrogens (tertiary/aromatic N) is 2. The van der Waals surface area contributed by atoms with Crippen LogP contribution >= 0.6 is 0 Å². The van der Waals surface area contributed by atoms with Gasteiger partial charge in [-0.2, -0.15) is 5.48 Å². The highest BCUT2D eigenvalue weighted by molar-refractivity contribution is 6.01. The van der Waals surface area contributed by atoms with Gasteiger partial charge in [0.2, 0.25) is 0 Å². The Bertz CT molecular complexity index is 637. The van der Waals surface area contributed by atoms with Gasteiger partial charge in [-0.1, -0.05) is 30.3 Å². The predicted molar refractivity (Wildman–Crippen MR) is 74.7 cm³/mol. The van der Waals surface area contributed by atoms with Gasteiger partial charge in [-0.3, -0.25) is 9.74 Å². The van der Waals surface area contributed by atoms with Gasteiger partial charge in [-0.15, -0.1) is 5.26 Å². The molecule has 2 rings (SSSR count). The van der Waals surface area contributed by atoms with E-state index in [2.05, 4.69) is 4.84 Å². The molecule has 2 aromatic rings. The Kier molecular flexibility index (Phi) is 4.04. The number of nitrogens with one attached hydrogen (secondary N) is 1. The predicted octanol–water partition coefficient (Wildman–Crippen LogP) is 2.53. The standard InChI is InChI=1S/C14H12N4O2/c15-10-20-17-14(19)18(11-6-2-1-3-7-11)13-9-5-4-8-12(13)16/h1-9H,16H2,(H,17,19). The number of nitriles is 1. The molecule has 0 saturated carbocycles. The molecule has 6 heteroatoms. The highest BCUT2D eigenvalue weighted by Gasteiger charge is 2.20. The van der Waals surface area contributed by atoms with E-state index in [0.29, 0.717) is 17.1 Å². The third-order valence-electron chi connectivity index (χ3n) is 2.58. The zero-order valence-corrected chi connectivity index (χ0v) is 10.5. The summed E-state index contributed by atoms with van der Waals surface area (Å²) in [5.74, 6) is 0. The molecule has 0 fully saturated rings. The van der Waals surface area contributed by atoms with Crippen LogP contribution in [0.3, 0.4) is 0 Å². The van der Waals surface area contributed by atoms with E-state index in [4.69, 9.17) is 11.0 Å². The van der Waals surface area contributed by atoms with Gasteiger partial charge in [0.15, 0.2) is 0 Å². The second-order valence-electron chi connectivity index (χ2n) is 3.83. The molecule has 0 unspecified atom stereocenters. The van der Waals surface area contributed by atoms with Crippen LogP contribution < -0.4 is 16.1 Å². The number of urea groups is 1. The number of hydroxylamine groups is 1. The summed E-state index contributed by atoms with van der Waals surface area (Å²) in [7, 11) is 0. The van der Waals surface area contributed by atoms with Crippen molar-refractivity contribution in [2.75, 3.05) is 10.6 Å². The van der Waals surface area contributed by atoms with Gasteiger partial charge >= 0.3 is 12.3 Å². The smallest absolute Gasteiger partial charge is 0.360 e. The maximum absolute atomic E-state index is 12.1. The Morgan fingerprint density at radius 2 is 1.80 bits per heavy atom. The van der Waals surface area contributed by atoms with Crippen LogP contribution in [0, 0.1) is 11.5 Å². The van der Waals surface area contributed by atoms with Crippen LogP contribution in [0.2, 0.25) is 0 Å². The van der Waals surface area contributed by atoms with Crippen LogP contribution in [0.1, 0.15) is 0 Å². The van der Waals surface area contributed by atoms with Crippen molar-refractivity contribution >= 4 is 23.1 Å². The van der Waals surface area contributed by atoms with Crippen LogP contribution in [0.4, 0.5) is 21.9 Å². The number of para-hydroxylation sites is 3. The lowest BCUT2D eigenvalue weighted by atomic mass is 10.2. The first-order valence-corrected chi connectivity index (χ1v) is 5.78. The summed E-state index contributed by atoms with van der Waals surface area (Å²) in [5.41, 5.74) is 9.46. The second-order valence-corrected chi connectivity index (χ2v) is 3.83. The monoisotopic (exact) mass is 268 g/mol. The van der Waals surface area contributed by atoms with Gasteiger partial charge in [-0.05, 0) is 24.3 Å². The fourth-order valence-electron chi connectivity index (χ4n) is 1.75. The number of nitrogen functional groups attached to an aromatic ring is 1. The Morgan fingerprint density at radius 1 is 1.15 bits per heavy atom. The first kappa shape index (κ1) is 13.2. The molecule has 100 valence electrons. The molecule has 0 aliphatic heterocycles. The van der Waals surface area contributed by atoms with E-state index in [1.165, 1.54) is 11.2 Å². The van der Waals surface area contributed by atoms with Crippen molar-refractivity contribution in [1.29, 1.82) is 5.26 Å². The van der Waals surface area contributed by atoms with E-state index in [0.717, 1.165) is 0 Å². The van der Waals surface area contributed by atoms with Crippen molar-refractivity contribution in [2.45, 2.75) is 0 Å². The molecule has 0 heterocycles. The molecular weight excluding hydrogens is 256 g/mol. The van der Waals surface area contributed by atoms with E-state index in [1.54, 1.807) is 48.5 Å².